The Hall–Kier alpha value is -1.69. The van der Waals surface area contributed by atoms with Gasteiger partial charge >= 0.3 is 0 Å². The van der Waals surface area contributed by atoms with Crippen molar-refractivity contribution in [2.24, 2.45) is 0 Å². The van der Waals surface area contributed by atoms with Crippen LogP contribution in [0.4, 0.5) is 8.78 Å². The fraction of sp³-hybridized carbons (Fsp3) is 0.333. The van der Waals surface area contributed by atoms with Gasteiger partial charge in [0.1, 0.15) is 17.5 Å². The predicted molar refractivity (Wildman–Crippen MR) is 78.1 cm³/mol. The maximum Gasteiger partial charge on any atom is 0.191 e. The summed E-state index contributed by atoms with van der Waals surface area (Å²) >= 11 is 1.41. The molecule has 1 aliphatic carbocycles. The zero-order valence-electron chi connectivity index (χ0n) is 11.4. The van der Waals surface area contributed by atoms with E-state index in [0.717, 1.165) is 29.9 Å². The van der Waals surface area contributed by atoms with Crippen molar-refractivity contribution in [3.8, 4) is 0 Å². The monoisotopic (exact) mass is 307 g/mol. The zero-order chi connectivity index (χ0) is 14.8. The second kappa shape index (κ2) is 5.97. The quantitative estimate of drug-likeness (QED) is 0.599. The van der Waals surface area contributed by atoms with Gasteiger partial charge < -0.3 is 4.57 Å². The van der Waals surface area contributed by atoms with Crippen molar-refractivity contribution in [3.63, 3.8) is 0 Å². The smallest absolute Gasteiger partial charge is 0.191 e. The minimum atomic E-state index is -0.563. The molecule has 2 aromatic rings. The van der Waals surface area contributed by atoms with Crippen molar-refractivity contribution in [2.45, 2.75) is 36.2 Å². The molecule has 1 fully saturated rings. The molecular formula is C15H15F2N3S. The second-order valence-corrected chi connectivity index (χ2v) is 5.98. The molecule has 0 N–H and O–H groups in total. The molecule has 0 unspecified atom stereocenters. The first kappa shape index (κ1) is 14.3. The first-order valence-corrected chi connectivity index (χ1v) is 7.78. The summed E-state index contributed by atoms with van der Waals surface area (Å²) in [5, 5.41) is 9.18. The number of allylic oxidation sites excluding steroid dienone is 1. The van der Waals surface area contributed by atoms with E-state index in [9.17, 15) is 8.78 Å². The van der Waals surface area contributed by atoms with E-state index in [2.05, 4.69) is 16.8 Å². The summed E-state index contributed by atoms with van der Waals surface area (Å²) < 4.78 is 28.5. The van der Waals surface area contributed by atoms with Crippen molar-refractivity contribution < 1.29 is 8.78 Å². The lowest BCUT2D eigenvalue weighted by Gasteiger charge is -2.07. The third-order valence-electron chi connectivity index (χ3n) is 3.37. The number of thioether (sulfide) groups is 1. The van der Waals surface area contributed by atoms with E-state index >= 15 is 0 Å². The van der Waals surface area contributed by atoms with Crippen LogP contribution in [0.3, 0.4) is 0 Å². The molecule has 110 valence electrons. The summed E-state index contributed by atoms with van der Waals surface area (Å²) in [5.74, 6) is 0.782. The third-order valence-corrected chi connectivity index (χ3v) is 4.39. The van der Waals surface area contributed by atoms with Crippen LogP contribution in [0.5, 0.6) is 0 Å². The Morgan fingerprint density at radius 1 is 1.33 bits per heavy atom. The normalized spacial score (nSPS) is 14.4. The van der Waals surface area contributed by atoms with E-state index in [1.54, 1.807) is 6.08 Å². The van der Waals surface area contributed by atoms with E-state index < -0.39 is 11.6 Å². The first-order chi connectivity index (χ1) is 10.2. The molecule has 6 heteroatoms. The molecule has 0 aliphatic heterocycles. The number of nitrogens with zero attached hydrogens (tertiary/aromatic N) is 3. The number of aromatic nitrogens is 3. The molecule has 21 heavy (non-hydrogen) atoms. The van der Waals surface area contributed by atoms with Gasteiger partial charge in [-0.05, 0) is 24.5 Å². The number of halogens is 2. The minimum Gasteiger partial charge on any atom is -0.302 e. The summed E-state index contributed by atoms with van der Waals surface area (Å²) in [6.45, 7) is 4.40. The lowest BCUT2D eigenvalue weighted by Crippen LogP contribution is -2.03. The van der Waals surface area contributed by atoms with E-state index in [0.29, 0.717) is 23.8 Å². The van der Waals surface area contributed by atoms with Crippen LogP contribution in [0.2, 0.25) is 0 Å². The Kier molecular flexibility index (Phi) is 4.05. The SMILES string of the molecule is C=CCn1c(SCc2ccc(F)cc2F)nnc1C1CC1. The Bertz CT molecular complexity index is 665. The molecule has 0 spiro atoms. The lowest BCUT2D eigenvalue weighted by atomic mass is 10.2. The highest BCUT2D eigenvalue weighted by atomic mass is 32.2. The standard InChI is InChI=1S/C15H15F2N3S/c1-2-7-20-14(10-3-4-10)18-19-15(20)21-9-11-5-6-12(16)8-13(11)17/h2,5-6,8,10H,1,3-4,7,9H2. The van der Waals surface area contributed by atoms with Crippen LogP contribution in [-0.4, -0.2) is 14.8 Å². The lowest BCUT2D eigenvalue weighted by molar-refractivity contribution is 0.576. The Morgan fingerprint density at radius 2 is 2.14 bits per heavy atom. The molecule has 1 saturated carbocycles. The van der Waals surface area contributed by atoms with Gasteiger partial charge in [0.25, 0.3) is 0 Å². The highest BCUT2D eigenvalue weighted by molar-refractivity contribution is 7.98. The van der Waals surface area contributed by atoms with Crippen LogP contribution in [-0.2, 0) is 12.3 Å². The Morgan fingerprint density at radius 3 is 2.81 bits per heavy atom. The fourth-order valence-electron chi connectivity index (χ4n) is 2.13. The number of hydrogen-bond donors (Lipinski definition) is 0. The molecule has 1 aromatic carbocycles. The van der Waals surface area contributed by atoms with Gasteiger partial charge in [0.2, 0.25) is 0 Å². The van der Waals surface area contributed by atoms with Gasteiger partial charge in [-0.1, -0.05) is 23.9 Å². The molecular weight excluding hydrogens is 292 g/mol. The van der Waals surface area contributed by atoms with Crippen LogP contribution >= 0.6 is 11.8 Å². The van der Waals surface area contributed by atoms with Crippen LogP contribution in [0.25, 0.3) is 0 Å². The van der Waals surface area contributed by atoms with Gasteiger partial charge in [-0.25, -0.2) is 8.78 Å². The number of hydrogen-bond acceptors (Lipinski definition) is 3. The predicted octanol–water partition coefficient (Wildman–Crippen LogP) is 3.91. The first-order valence-electron chi connectivity index (χ1n) is 6.79. The van der Waals surface area contributed by atoms with Gasteiger partial charge in [-0.2, -0.15) is 0 Å². The van der Waals surface area contributed by atoms with Gasteiger partial charge in [-0.15, -0.1) is 16.8 Å². The maximum absolute atomic E-state index is 13.6. The molecule has 0 saturated heterocycles. The molecule has 1 aromatic heterocycles. The van der Waals surface area contributed by atoms with Crippen LogP contribution in [0, 0.1) is 11.6 Å². The molecule has 3 nitrogen and oxygen atoms in total. The van der Waals surface area contributed by atoms with E-state index in [1.807, 2.05) is 4.57 Å². The second-order valence-electron chi connectivity index (χ2n) is 5.04. The summed E-state index contributed by atoms with van der Waals surface area (Å²) in [7, 11) is 0. The molecule has 0 atom stereocenters. The van der Waals surface area contributed by atoms with Crippen molar-refractivity contribution in [1.82, 2.24) is 14.8 Å². The van der Waals surface area contributed by atoms with E-state index in [4.69, 9.17) is 0 Å². The zero-order valence-corrected chi connectivity index (χ0v) is 12.2. The van der Waals surface area contributed by atoms with Crippen LogP contribution in [0.1, 0.15) is 30.1 Å². The highest BCUT2D eigenvalue weighted by Crippen LogP contribution is 2.40. The number of benzene rings is 1. The van der Waals surface area contributed by atoms with Gasteiger partial charge in [0.15, 0.2) is 5.16 Å². The average Bonchev–Trinajstić information content (AvgIpc) is 3.22. The van der Waals surface area contributed by atoms with Gasteiger partial charge in [-0.3, -0.25) is 0 Å². The fourth-order valence-corrected chi connectivity index (χ4v) is 3.07. The van der Waals surface area contributed by atoms with Crippen LogP contribution < -0.4 is 0 Å². The minimum absolute atomic E-state index is 0.395. The van der Waals surface area contributed by atoms with Crippen LogP contribution in [0.15, 0.2) is 36.0 Å². The Labute approximate surface area is 126 Å². The van der Waals surface area contributed by atoms with Crippen molar-refractivity contribution in [2.75, 3.05) is 0 Å². The Balaban J connectivity index is 1.76. The maximum atomic E-state index is 13.6. The molecule has 1 heterocycles. The average molecular weight is 307 g/mol. The molecule has 0 bridgehead atoms. The summed E-state index contributed by atoms with van der Waals surface area (Å²) in [6.07, 6.45) is 4.09. The van der Waals surface area contributed by atoms with E-state index in [1.165, 1.54) is 23.9 Å². The molecule has 1 aliphatic rings. The van der Waals surface area contributed by atoms with Gasteiger partial charge in [0.05, 0.1) is 0 Å². The summed E-state index contributed by atoms with van der Waals surface area (Å²) in [6, 6.07) is 3.64. The topological polar surface area (TPSA) is 30.7 Å². The largest absolute Gasteiger partial charge is 0.302 e. The molecule has 3 rings (SSSR count). The molecule has 0 radical (unpaired) electrons. The van der Waals surface area contributed by atoms with Crippen molar-refractivity contribution in [3.05, 3.63) is 53.9 Å². The highest BCUT2D eigenvalue weighted by Gasteiger charge is 2.30. The molecule has 0 amide bonds. The number of rotatable bonds is 6. The van der Waals surface area contributed by atoms with Crippen molar-refractivity contribution >= 4 is 11.8 Å². The summed E-state index contributed by atoms with van der Waals surface area (Å²) in [4.78, 5) is 0. The third kappa shape index (κ3) is 3.15. The van der Waals surface area contributed by atoms with Gasteiger partial charge in [0, 0.05) is 24.3 Å². The van der Waals surface area contributed by atoms with Crippen molar-refractivity contribution in [1.29, 1.82) is 0 Å². The summed E-state index contributed by atoms with van der Waals surface area (Å²) in [5.41, 5.74) is 0.461. The van der Waals surface area contributed by atoms with E-state index in [-0.39, 0.29) is 0 Å².